The van der Waals surface area contributed by atoms with Crippen molar-refractivity contribution < 1.29 is 4.74 Å². The molecular weight excluding hydrogens is 356 g/mol. The van der Waals surface area contributed by atoms with Crippen LogP contribution in [0.3, 0.4) is 0 Å². The number of nitrogens with two attached hydrogens (primary N) is 1. The molecule has 3 aromatic heterocycles. The molecule has 1 aliphatic heterocycles. The van der Waals surface area contributed by atoms with Crippen molar-refractivity contribution in [2.75, 3.05) is 25.1 Å². The number of anilines is 1. The third kappa shape index (κ3) is 4.09. The zero-order chi connectivity index (χ0) is 19.6. The monoisotopic (exact) mass is 380 g/mol. The molecule has 1 fully saturated rings. The van der Waals surface area contributed by atoms with E-state index >= 15 is 0 Å². The van der Waals surface area contributed by atoms with Crippen molar-refractivity contribution in [1.29, 1.82) is 0 Å². The SMILES string of the molecule is COc1cncc(-c2cn(Cc3ccc(N4CCCC(C)(N)C4)nn3)nn2)c1. The zero-order valence-electron chi connectivity index (χ0n) is 16.1. The topological polar surface area (TPSA) is 108 Å². The number of aromatic nitrogens is 6. The van der Waals surface area contributed by atoms with E-state index in [0.29, 0.717) is 12.3 Å². The number of hydrogen-bond donors (Lipinski definition) is 1. The van der Waals surface area contributed by atoms with Gasteiger partial charge in [-0.3, -0.25) is 4.98 Å². The summed E-state index contributed by atoms with van der Waals surface area (Å²) in [6, 6.07) is 5.84. The maximum atomic E-state index is 6.29. The molecule has 4 rings (SSSR count). The normalized spacial score (nSPS) is 19.6. The van der Waals surface area contributed by atoms with Gasteiger partial charge in [0.05, 0.1) is 31.7 Å². The Balaban J connectivity index is 1.44. The molecular formula is C19H24N8O. The predicted octanol–water partition coefficient (Wildman–Crippen LogP) is 1.50. The molecule has 1 unspecified atom stereocenters. The predicted molar refractivity (Wildman–Crippen MR) is 105 cm³/mol. The summed E-state index contributed by atoms with van der Waals surface area (Å²) in [7, 11) is 1.61. The summed E-state index contributed by atoms with van der Waals surface area (Å²) < 4.78 is 6.94. The van der Waals surface area contributed by atoms with Crippen LogP contribution in [0.15, 0.2) is 36.8 Å². The number of methoxy groups -OCH3 is 1. The van der Waals surface area contributed by atoms with E-state index in [4.69, 9.17) is 10.5 Å². The van der Waals surface area contributed by atoms with E-state index in [1.54, 1.807) is 24.2 Å². The van der Waals surface area contributed by atoms with Crippen LogP contribution in [0.1, 0.15) is 25.5 Å². The van der Waals surface area contributed by atoms with Crippen molar-refractivity contribution >= 4 is 5.82 Å². The molecule has 0 bridgehead atoms. The summed E-state index contributed by atoms with van der Waals surface area (Å²) in [6.45, 7) is 4.33. The van der Waals surface area contributed by atoms with E-state index in [9.17, 15) is 0 Å². The van der Waals surface area contributed by atoms with Gasteiger partial charge in [-0.1, -0.05) is 5.21 Å². The molecule has 0 aromatic carbocycles. The van der Waals surface area contributed by atoms with Crippen LogP contribution in [-0.2, 0) is 6.54 Å². The fourth-order valence-electron chi connectivity index (χ4n) is 3.41. The highest BCUT2D eigenvalue weighted by molar-refractivity contribution is 5.58. The van der Waals surface area contributed by atoms with E-state index < -0.39 is 0 Å². The molecule has 0 aliphatic carbocycles. The number of piperidine rings is 1. The second-order valence-electron chi connectivity index (χ2n) is 7.48. The summed E-state index contributed by atoms with van der Waals surface area (Å²) in [5, 5.41) is 17.1. The van der Waals surface area contributed by atoms with Crippen molar-refractivity contribution in [2.45, 2.75) is 31.8 Å². The molecule has 9 nitrogen and oxygen atoms in total. The first-order valence-electron chi connectivity index (χ1n) is 9.28. The Morgan fingerprint density at radius 2 is 2.11 bits per heavy atom. The lowest BCUT2D eigenvalue weighted by Gasteiger charge is -2.38. The first-order chi connectivity index (χ1) is 13.5. The highest BCUT2D eigenvalue weighted by Gasteiger charge is 2.27. The third-order valence-corrected chi connectivity index (χ3v) is 4.86. The molecule has 0 spiro atoms. The van der Waals surface area contributed by atoms with Crippen molar-refractivity contribution in [3.8, 4) is 17.0 Å². The second kappa shape index (κ2) is 7.51. The summed E-state index contributed by atoms with van der Waals surface area (Å²) in [5.41, 5.74) is 8.50. The van der Waals surface area contributed by atoms with E-state index in [2.05, 4.69) is 37.3 Å². The standard InChI is InChI=1S/C19H24N8O/c1-19(20)6-3-7-26(13-19)18-5-4-15(22-24-18)11-27-12-17(23-25-27)14-8-16(28-2)10-21-9-14/h4-5,8-10,12H,3,6-7,11,13,20H2,1-2H3. The van der Waals surface area contributed by atoms with Gasteiger partial charge in [0.15, 0.2) is 5.82 Å². The van der Waals surface area contributed by atoms with Crippen LogP contribution in [0, 0.1) is 0 Å². The van der Waals surface area contributed by atoms with Gasteiger partial charge in [0.1, 0.15) is 11.4 Å². The van der Waals surface area contributed by atoms with Gasteiger partial charge in [0.2, 0.25) is 0 Å². The average molecular weight is 380 g/mol. The maximum Gasteiger partial charge on any atom is 0.151 e. The molecule has 4 heterocycles. The van der Waals surface area contributed by atoms with Crippen LogP contribution in [0.25, 0.3) is 11.3 Å². The molecule has 1 atom stereocenters. The molecule has 3 aromatic rings. The summed E-state index contributed by atoms with van der Waals surface area (Å²) in [6.07, 6.45) is 7.34. The van der Waals surface area contributed by atoms with Gasteiger partial charge >= 0.3 is 0 Å². The Kier molecular flexibility index (Phi) is 4.91. The van der Waals surface area contributed by atoms with Gasteiger partial charge in [-0.05, 0) is 38.0 Å². The number of hydrogen-bond acceptors (Lipinski definition) is 8. The van der Waals surface area contributed by atoms with Gasteiger partial charge in [0.25, 0.3) is 0 Å². The van der Waals surface area contributed by atoms with Crippen molar-refractivity contribution in [1.82, 2.24) is 30.2 Å². The number of rotatable bonds is 5. The number of pyridine rings is 1. The Morgan fingerprint density at radius 1 is 1.21 bits per heavy atom. The first kappa shape index (κ1) is 18.3. The summed E-state index contributed by atoms with van der Waals surface area (Å²) in [4.78, 5) is 6.35. The van der Waals surface area contributed by atoms with Crippen LogP contribution in [-0.4, -0.2) is 55.9 Å². The maximum absolute atomic E-state index is 6.29. The molecule has 0 saturated carbocycles. The average Bonchev–Trinajstić information content (AvgIpc) is 3.16. The van der Waals surface area contributed by atoms with Gasteiger partial charge in [0, 0.05) is 30.4 Å². The molecule has 1 saturated heterocycles. The van der Waals surface area contributed by atoms with Gasteiger partial charge in [-0.25, -0.2) is 4.68 Å². The van der Waals surface area contributed by atoms with Crippen LogP contribution in [0.4, 0.5) is 5.82 Å². The highest BCUT2D eigenvalue weighted by atomic mass is 16.5. The minimum atomic E-state index is -0.176. The van der Waals surface area contributed by atoms with Crippen molar-refractivity contribution in [3.63, 3.8) is 0 Å². The quantitative estimate of drug-likeness (QED) is 0.709. The van der Waals surface area contributed by atoms with Crippen LogP contribution < -0.4 is 15.4 Å². The minimum Gasteiger partial charge on any atom is -0.495 e. The first-order valence-corrected chi connectivity index (χ1v) is 9.28. The molecule has 28 heavy (non-hydrogen) atoms. The van der Waals surface area contributed by atoms with Crippen molar-refractivity contribution in [2.24, 2.45) is 5.73 Å². The van der Waals surface area contributed by atoms with Gasteiger partial charge in [-0.15, -0.1) is 10.2 Å². The molecule has 0 radical (unpaired) electrons. The Bertz CT molecular complexity index is 937. The van der Waals surface area contributed by atoms with E-state index in [1.165, 1.54) is 0 Å². The van der Waals surface area contributed by atoms with Crippen LogP contribution in [0.2, 0.25) is 0 Å². The highest BCUT2D eigenvalue weighted by Crippen LogP contribution is 2.23. The fourth-order valence-corrected chi connectivity index (χ4v) is 3.41. The van der Waals surface area contributed by atoms with E-state index in [-0.39, 0.29) is 5.54 Å². The van der Waals surface area contributed by atoms with Crippen LogP contribution in [0.5, 0.6) is 5.75 Å². The second-order valence-corrected chi connectivity index (χ2v) is 7.48. The minimum absolute atomic E-state index is 0.176. The zero-order valence-corrected chi connectivity index (χ0v) is 16.1. The van der Waals surface area contributed by atoms with E-state index in [1.807, 2.05) is 24.4 Å². The Morgan fingerprint density at radius 3 is 2.86 bits per heavy atom. The number of ether oxygens (including phenoxy) is 1. The van der Waals surface area contributed by atoms with E-state index in [0.717, 1.165) is 48.7 Å². The number of nitrogens with zero attached hydrogens (tertiary/aromatic N) is 7. The van der Waals surface area contributed by atoms with Gasteiger partial charge in [-0.2, -0.15) is 5.10 Å². The third-order valence-electron chi connectivity index (χ3n) is 4.86. The lowest BCUT2D eigenvalue weighted by atomic mass is 9.92. The summed E-state index contributed by atoms with van der Waals surface area (Å²) >= 11 is 0. The van der Waals surface area contributed by atoms with Crippen LogP contribution >= 0.6 is 0 Å². The fraction of sp³-hybridized carbons (Fsp3) is 0.421. The smallest absolute Gasteiger partial charge is 0.151 e. The molecule has 9 heteroatoms. The lowest BCUT2D eigenvalue weighted by Crippen LogP contribution is -2.52. The van der Waals surface area contributed by atoms with Crippen molar-refractivity contribution in [3.05, 3.63) is 42.5 Å². The summed E-state index contributed by atoms with van der Waals surface area (Å²) in [5.74, 6) is 1.54. The molecule has 146 valence electrons. The molecule has 1 aliphatic rings. The Hall–Kier alpha value is -3.07. The Labute approximate surface area is 163 Å². The van der Waals surface area contributed by atoms with Gasteiger partial charge < -0.3 is 15.4 Å². The largest absolute Gasteiger partial charge is 0.495 e. The molecule has 0 amide bonds. The molecule has 2 N–H and O–H groups in total. The lowest BCUT2D eigenvalue weighted by molar-refractivity contribution is 0.372.